The largest absolute Gasteiger partial charge is 0.396 e. The second kappa shape index (κ2) is 12.2. The molecular weight excluding hydrogens is 505 g/mol. The Morgan fingerprint density at radius 3 is 2.56 bits per heavy atom. The highest BCUT2D eigenvalue weighted by atomic mass is 35.5. The van der Waals surface area contributed by atoms with Gasteiger partial charge in [0, 0.05) is 48.1 Å². The van der Waals surface area contributed by atoms with Gasteiger partial charge >= 0.3 is 0 Å². The van der Waals surface area contributed by atoms with Gasteiger partial charge in [-0.1, -0.05) is 62.2 Å². The number of thiophene rings is 1. The molecule has 4 rings (SSSR count). The number of hydrazine groups is 1. The van der Waals surface area contributed by atoms with Crippen LogP contribution in [0.15, 0.2) is 21.2 Å². The number of unbranched alkanes of at least 4 members (excludes halogenated alkanes) is 1. The molecule has 1 aromatic heterocycles. The second-order valence-corrected chi connectivity index (χ2v) is 12.3. The standard InChI is InChI=1S/C26H37Cl2N3OS2/c1-4-8-19-21-16-31(30-12-10-29(11-13-30)9-6-7-14-32)22-17-33-26(28)25(22)34-23(21)15-20(24(19)27)18(3)5-2/h15,17-18,32H,4-14,16H2,1-3H3. The SMILES string of the molecule is CCCc1c(Cl)c(C(C)CC)cc2c1CN(N1CCN(CCCCO)CC1)c1csc(Cl)c1S2. The molecule has 188 valence electrons. The summed E-state index contributed by atoms with van der Waals surface area (Å²) in [4.78, 5) is 5.01. The number of anilines is 1. The fraction of sp³-hybridized carbons (Fsp3) is 0.615. The van der Waals surface area contributed by atoms with Crippen molar-refractivity contribution in [3.63, 3.8) is 0 Å². The first-order chi connectivity index (χ1) is 16.5. The summed E-state index contributed by atoms with van der Waals surface area (Å²) in [6, 6.07) is 2.34. The minimum Gasteiger partial charge on any atom is -0.396 e. The van der Waals surface area contributed by atoms with Crippen LogP contribution < -0.4 is 5.01 Å². The maximum absolute atomic E-state index is 9.10. The van der Waals surface area contributed by atoms with Crippen molar-refractivity contribution in [3.05, 3.63) is 37.5 Å². The number of halogens is 2. The van der Waals surface area contributed by atoms with Gasteiger partial charge in [0.1, 0.15) is 4.34 Å². The average molecular weight is 543 g/mol. The molecule has 1 atom stereocenters. The van der Waals surface area contributed by atoms with Crippen molar-refractivity contribution in [2.24, 2.45) is 0 Å². The first kappa shape index (κ1) is 26.6. The molecule has 0 spiro atoms. The molecule has 3 heterocycles. The van der Waals surface area contributed by atoms with E-state index >= 15 is 0 Å². The number of rotatable bonds is 9. The molecule has 0 bridgehead atoms. The van der Waals surface area contributed by atoms with Crippen LogP contribution in [0, 0.1) is 0 Å². The summed E-state index contributed by atoms with van der Waals surface area (Å²) in [5, 5.41) is 17.3. The number of aliphatic hydroxyl groups excluding tert-OH is 1. The molecule has 8 heteroatoms. The molecular formula is C26H37Cl2N3OS2. The Labute approximate surface area is 223 Å². The molecule has 4 nitrogen and oxygen atoms in total. The number of hydrogen-bond acceptors (Lipinski definition) is 6. The molecule has 1 aromatic carbocycles. The number of nitrogens with zero attached hydrogens (tertiary/aromatic N) is 3. The molecule has 2 aliphatic heterocycles. The van der Waals surface area contributed by atoms with Gasteiger partial charge in [-0.3, -0.25) is 5.01 Å². The highest BCUT2D eigenvalue weighted by molar-refractivity contribution is 7.99. The molecule has 2 aromatic rings. The smallest absolute Gasteiger partial charge is 0.109 e. The van der Waals surface area contributed by atoms with Crippen LogP contribution in [0.4, 0.5) is 5.69 Å². The Morgan fingerprint density at radius 1 is 1.12 bits per heavy atom. The average Bonchev–Trinajstić information content (AvgIpc) is 3.11. The van der Waals surface area contributed by atoms with Crippen molar-refractivity contribution in [1.29, 1.82) is 0 Å². The molecule has 0 radical (unpaired) electrons. The Bertz CT molecular complexity index is 975. The van der Waals surface area contributed by atoms with Gasteiger partial charge in [-0.05, 0) is 60.9 Å². The van der Waals surface area contributed by atoms with Gasteiger partial charge in [0.2, 0.25) is 0 Å². The van der Waals surface area contributed by atoms with Gasteiger partial charge < -0.3 is 10.0 Å². The summed E-state index contributed by atoms with van der Waals surface area (Å²) < 4.78 is 0.873. The third-order valence-corrected chi connectivity index (χ3v) is 10.3. The van der Waals surface area contributed by atoms with Gasteiger partial charge in [-0.2, -0.15) is 0 Å². The normalized spacial score (nSPS) is 18.0. The van der Waals surface area contributed by atoms with E-state index in [2.05, 4.69) is 47.1 Å². The van der Waals surface area contributed by atoms with Crippen LogP contribution >= 0.6 is 46.3 Å². The van der Waals surface area contributed by atoms with Gasteiger partial charge in [-0.15, -0.1) is 11.3 Å². The summed E-state index contributed by atoms with van der Waals surface area (Å²) >= 11 is 17.3. The lowest BCUT2D eigenvalue weighted by Gasteiger charge is -2.42. The molecule has 1 N–H and O–H groups in total. The second-order valence-electron chi connectivity index (χ2n) is 9.40. The lowest BCUT2D eigenvalue weighted by atomic mass is 9.92. The lowest BCUT2D eigenvalue weighted by Crippen LogP contribution is -2.53. The lowest BCUT2D eigenvalue weighted by molar-refractivity contribution is 0.116. The fourth-order valence-corrected chi connectivity index (χ4v) is 7.80. The Balaban J connectivity index is 1.67. The summed E-state index contributed by atoms with van der Waals surface area (Å²) in [6.07, 6.45) is 5.10. The van der Waals surface area contributed by atoms with E-state index in [1.54, 1.807) is 11.3 Å². The molecule has 2 aliphatic rings. The zero-order valence-corrected chi connectivity index (χ0v) is 23.7. The minimum absolute atomic E-state index is 0.286. The molecule has 34 heavy (non-hydrogen) atoms. The van der Waals surface area contributed by atoms with Crippen molar-refractivity contribution in [2.45, 2.75) is 75.1 Å². The van der Waals surface area contributed by atoms with E-state index in [0.29, 0.717) is 5.92 Å². The van der Waals surface area contributed by atoms with Crippen molar-refractivity contribution in [3.8, 4) is 0 Å². The number of piperazine rings is 1. The molecule has 1 saturated heterocycles. The number of aliphatic hydroxyl groups is 1. The topological polar surface area (TPSA) is 30.0 Å². The van der Waals surface area contributed by atoms with Crippen molar-refractivity contribution < 1.29 is 5.11 Å². The third kappa shape index (κ3) is 5.59. The predicted molar refractivity (Wildman–Crippen MR) is 148 cm³/mol. The van der Waals surface area contributed by atoms with E-state index < -0.39 is 0 Å². The van der Waals surface area contributed by atoms with Crippen LogP contribution in [0.25, 0.3) is 0 Å². The number of hydrogen-bond donors (Lipinski definition) is 1. The Kier molecular flexibility index (Phi) is 9.52. The zero-order chi connectivity index (χ0) is 24.2. The molecule has 0 aliphatic carbocycles. The maximum Gasteiger partial charge on any atom is 0.109 e. The van der Waals surface area contributed by atoms with Crippen molar-refractivity contribution in [1.82, 2.24) is 9.91 Å². The molecule has 1 fully saturated rings. The van der Waals surface area contributed by atoms with E-state index in [1.165, 1.54) is 32.2 Å². The van der Waals surface area contributed by atoms with E-state index in [-0.39, 0.29) is 6.61 Å². The summed E-state index contributed by atoms with van der Waals surface area (Å²) in [6.45, 7) is 13.0. The molecule has 0 amide bonds. The van der Waals surface area contributed by atoms with Gasteiger partial charge in [0.15, 0.2) is 0 Å². The van der Waals surface area contributed by atoms with Gasteiger partial charge in [0.25, 0.3) is 0 Å². The zero-order valence-electron chi connectivity index (χ0n) is 20.6. The van der Waals surface area contributed by atoms with Crippen LogP contribution in [-0.2, 0) is 13.0 Å². The minimum atomic E-state index is 0.286. The predicted octanol–water partition coefficient (Wildman–Crippen LogP) is 7.30. The highest BCUT2D eigenvalue weighted by Crippen LogP contribution is 2.51. The summed E-state index contributed by atoms with van der Waals surface area (Å²) in [7, 11) is 0. The van der Waals surface area contributed by atoms with Crippen LogP contribution in [0.1, 0.15) is 69.1 Å². The van der Waals surface area contributed by atoms with Crippen LogP contribution in [0.2, 0.25) is 9.36 Å². The van der Waals surface area contributed by atoms with E-state index in [0.717, 1.165) is 80.7 Å². The van der Waals surface area contributed by atoms with Crippen LogP contribution in [-0.4, -0.2) is 54.3 Å². The Hall–Kier alpha value is -0.470. The summed E-state index contributed by atoms with van der Waals surface area (Å²) in [5.74, 6) is 0.435. The molecule has 1 unspecified atom stereocenters. The third-order valence-electron chi connectivity index (χ3n) is 7.17. The van der Waals surface area contributed by atoms with Gasteiger partial charge in [0.05, 0.1) is 17.1 Å². The molecule has 0 saturated carbocycles. The quantitative estimate of drug-likeness (QED) is 0.336. The van der Waals surface area contributed by atoms with Crippen molar-refractivity contribution in [2.75, 3.05) is 44.3 Å². The van der Waals surface area contributed by atoms with E-state index in [1.807, 2.05) is 11.8 Å². The fourth-order valence-electron chi connectivity index (χ4n) is 4.93. The van der Waals surface area contributed by atoms with E-state index in [9.17, 15) is 0 Å². The van der Waals surface area contributed by atoms with Crippen LogP contribution in [0.3, 0.4) is 0 Å². The Morgan fingerprint density at radius 2 is 1.88 bits per heavy atom. The number of fused-ring (bicyclic) bond motifs is 2. The monoisotopic (exact) mass is 541 g/mol. The first-order valence-corrected chi connectivity index (χ1v) is 15.1. The number of benzene rings is 1. The summed E-state index contributed by atoms with van der Waals surface area (Å²) in [5.41, 5.74) is 5.19. The highest BCUT2D eigenvalue weighted by Gasteiger charge is 2.32. The van der Waals surface area contributed by atoms with Crippen LogP contribution in [0.5, 0.6) is 0 Å². The first-order valence-electron chi connectivity index (χ1n) is 12.6. The maximum atomic E-state index is 9.10. The van der Waals surface area contributed by atoms with Gasteiger partial charge in [-0.25, -0.2) is 5.01 Å². The van der Waals surface area contributed by atoms with Crippen molar-refractivity contribution >= 4 is 52.0 Å². The van der Waals surface area contributed by atoms with E-state index in [4.69, 9.17) is 28.3 Å².